The van der Waals surface area contributed by atoms with Gasteiger partial charge in [-0.2, -0.15) is 0 Å². The second-order valence-electron chi connectivity index (χ2n) is 5.00. The average Bonchev–Trinajstić information content (AvgIpc) is 3.00. The number of imidazole rings is 1. The fraction of sp³-hybridized carbons (Fsp3) is 0.333. The lowest BCUT2D eigenvalue weighted by molar-refractivity contribution is 0.666. The second-order valence-corrected chi connectivity index (χ2v) is 7.04. The first kappa shape index (κ1) is 14.8. The molecular weight excluding hydrogens is 325 g/mol. The van der Waals surface area contributed by atoms with Crippen molar-refractivity contribution in [2.75, 3.05) is 0 Å². The number of aromatic nitrogens is 3. The van der Waals surface area contributed by atoms with Crippen LogP contribution >= 0.6 is 34.5 Å². The highest BCUT2D eigenvalue weighted by Crippen LogP contribution is 2.27. The molecule has 0 spiro atoms. The molecule has 0 aliphatic rings. The summed E-state index contributed by atoms with van der Waals surface area (Å²) in [5.41, 5.74) is 3.02. The maximum absolute atomic E-state index is 6.28. The zero-order valence-electron chi connectivity index (χ0n) is 11.8. The van der Waals surface area contributed by atoms with E-state index < -0.39 is 0 Å². The molecule has 6 heteroatoms. The summed E-state index contributed by atoms with van der Waals surface area (Å²) in [6, 6.07) is 5.73. The first-order chi connectivity index (χ1) is 10.0. The van der Waals surface area contributed by atoms with Crippen LogP contribution in [0.5, 0.6) is 0 Å². The summed E-state index contributed by atoms with van der Waals surface area (Å²) >= 11 is 14.1. The van der Waals surface area contributed by atoms with Crippen molar-refractivity contribution in [3.05, 3.63) is 45.1 Å². The van der Waals surface area contributed by atoms with Gasteiger partial charge in [0, 0.05) is 29.1 Å². The van der Waals surface area contributed by atoms with Crippen molar-refractivity contribution in [2.45, 2.75) is 32.2 Å². The van der Waals surface area contributed by atoms with Crippen molar-refractivity contribution >= 4 is 45.6 Å². The van der Waals surface area contributed by atoms with Gasteiger partial charge in [-0.1, -0.05) is 11.6 Å². The summed E-state index contributed by atoms with van der Waals surface area (Å²) in [5.74, 6) is 0.877. The highest BCUT2D eigenvalue weighted by molar-refractivity contribution is 7.09. The van der Waals surface area contributed by atoms with E-state index in [0.29, 0.717) is 5.02 Å². The molecule has 0 fully saturated rings. The van der Waals surface area contributed by atoms with Crippen LogP contribution in [0.1, 0.15) is 28.8 Å². The molecule has 0 aliphatic heterocycles. The van der Waals surface area contributed by atoms with E-state index in [2.05, 4.69) is 19.9 Å². The van der Waals surface area contributed by atoms with Crippen LogP contribution in [0.15, 0.2) is 23.6 Å². The van der Waals surface area contributed by atoms with E-state index in [9.17, 15) is 0 Å². The normalized spacial score (nSPS) is 13.0. The van der Waals surface area contributed by atoms with Crippen LogP contribution in [-0.2, 0) is 13.0 Å². The molecule has 3 rings (SSSR count). The van der Waals surface area contributed by atoms with Gasteiger partial charge in [0.15, 0.2) is 0 Å². The number of halogens is 2. The van der Waals surface area contributed by atoms with Gasteiger partial charge in [-0.05, 0) is 32.0 Å². The largest absolute Gasteiger partial charge is 0.326 e. The van der Waals surface area contributed by atoms with Crippen molar-refractivity contribution in [1.82, 2.24) is 14.5 Å². The molecule has 0 amide bonds. The fourth-order valence-electron chi connectivity index (χ4n) is 2.38. The molecule has 3 nitrogen and oxygen atoms in total. The summed E-state index contributed by atoms with van der Waals surface area (Å²) in [4.78, 5) is 9.13. The summed E-state index contributed by atoms with van der Waals surface area (Å²) < 4.78 is 2.15. The average molecular weight is 340 g/mol. The highest BCUT2D eigenvalue weighted by atomic mass is 35.5. The minimum atomic E-state index is -0.144. The lowest BCUT2D eigenvalue weighted by atomic mass is 10.3. The first-order valence-corrected chi connectivity index (χ1v) is 8.45. The van der Waals surface area contributed by atoms with Gasteiger partial charge >= 0.3 is 0 Å². The van der Waals surface area contributed by atoms with Crippen LogP contribution in [0.4, 0.5) is 0 Å². The molecular formula is C15H15Cl2N3S. The highest BCUT2D eigenvalue weighted by Gasteiger charge is 2.15. The van der Waals surface area contributed by atoms with Gasteiger partial charge in [-0.3, -0.25) is 0 Å². The maximum atomic E-state index is 6.28. The minimum Gasteiger partial charge on any atom is -0.326 e. The molecule has 3 aromatic rings. The Kier molecular flexibility index (Phi) is 4.20. The third-order valence-corrected chi connectivity index (χ3v) is 4.77. The van der Waals surface area contributed by atoms with Crippen molar-refractivity contribution in [2.24, 2.45) is 0 Å². The topological polar surface area (TPSA) is 30.7 Å². The molecule has 2 heterocycles. The molecule has 21 heavy (non-hydrogen) atoms. The van der Waals surface area contributed by atoms with Gasteiger partial charge in [0.1, 0.15) is 5.82 Å². The van der Waals surface area contributed by atoms with E-state index in [1.54, 1.807) is 11.3 Å². The smallest absolute Gasteiger partial charge is 0.127 e. The Morgan fingerprint density at radius 2 is 2.14 bits per heavy atom. The molecule has 0 aliphatic carbocycles. The number of alkyl halides is 1. The van der Waals surface area contributed by atoms with Crippen LogP contribution in [0.2, 0.25) is 5.02 Å². The molecule has 0 radical (unpaired) electrons. The predicted octanol–water partition coefficient (Wildman–Crippen LogP) is 5.00. The number of hydrogen-bond acceptors (Lipinski definition) is 3. The molecule has 1 aromatic carbocycles. The zero-order chi connectivity index (χ0) is 15.0. The fourth-order valence-corrected chi connectivity index (χ4v) is 3.48. The molecule has 1 atom stereocenters. The van der Waals surface area contributed by atoms with Gasteiger partial charge in [-0.15, -0.1) is 22.9 Å². The number of fused-ring (bicyclic) bond motifs is 1. The standard InChI is InChI=1S/C15H15Cl2N3S/c1-9-8-21-14(18-9)5-6-20-13-7-11(17)3-4-12(13)19-15(20)10(2)16/h3-4,7-8,10H,5-6H2,1-2H3. The molecule has 0 saturated heterocycles. The van der Waals surface area contributed by atoms with Gasteiger partial charge in [0.2, 0.25) is 0 Å². The number of hydrogen-bond donors (Lipinski definition) is 0. The van der Waals surface area contributed by atoms with E-state index in [4.69, 9.17) is 23.2 Å². The summed E-state index contributed by atoms with van der Waals surface area (Å²) in [7, 11) is 0. The van der Waals surface area contributed by atoms with Gasteiger partial charge in [0.25, 0.3) is 0 Å². The third kappa shape index (κ3) is 3.07. The SMILES string of the molecule is Cc1csc(CCn2c(C(C)Cl)nc3ccc(Cl)cc32)n1. The van der Waals surface area contributed by atoms with E-state index in [1.165, 1.54) is 0 Å². The number of aryl methyl sites for hydroxylation is 3. The number of rotatable bonds is 4. The van der Waals surface area contributed by atoms with E-state index in [0.717, 1.165) is 40.5 Å². The number of benzene rings is 1. The summed E-state index contributed by atoms with van der Waals surface area (Å²) in [5, 5.41) is 3.77. The summed E-state index contributed by atoms with van der Waals surface area (Å²) in [6.45, 7) is 4.75. The van der Waals surface area contributed by atoms with Crippen LogP contribution in [-0.4, -0.2) is 14.5 Å². The Hall–Kier alpha value is -1.10. The third-order valence-electron chi connectivity index (χ3n) is 3.31. The second kappa shape index (κ2) is 5.95. The Labute approximate surface area is 137 Å². The van der Waals surface area contributed by atoms with E-state index in [1.807, 2.05) is 32.0 Å². The first-order valence-electron chi connectivity index (χ1n) is 6.75. The molecule has 0 saturated carbocycles. The maximum Gasteiger partial charge on any atom is 0.127 e. The summed E-state index contributed by atoms with van der Waals surface area (Å²) in [6.07, 6.45) is 0.868. The molecule has 1 unspecified atom stereocenters. The van der Waals surface area contributed by atoms with Gasteiger partial charge in [-0.25, -0.2) is 9.97 Å². The van der Waals surface area contributed by atoms with Crippen LogP contribution < -0.4 is 0 Å². The van der Waals surface area contributed by atoms with Gasteiger partial charge in [0.05, 0.1) is 21.4 Å². The van der Waals surface area contributed by atoms with Gasteiger partial charge < -0.3 is 4.57 Å². The molecule has 0 bridgehead atoms. The van der Waals surface area contributed by atoms with Crippen molar-refractivity contribution in [3.63, 3.8) is 0 Å². The Bertz CT molecular complexity index is 776. The Morgan fingerprint density at radius 1 is 1.33 bits per heavy atom. The van der Waals surface area contributed by atoms with E-state index in [-0.39, 0.29) is 5.38 Å². The van der Waals surface area contributed by atoms with Crippen LogP contribution in [0.3, 0.4) is 0 Å². The number of nitrogens with zero attached hydrogens (tertiary/aromatic N) is 3. The molecule has 2 aromatic heterocycles. The number of thiazole rings is 1. The zero-order valence-corrected chi connectivity index (χ0v) is 14.1. The predicted molar refractivity (Wildman–Crippen MR) is 89.6 cm³/mol. The molecule has 110 valence electrons. The van der Waals surface area contributed by atoms with Crippen LogP contribution in [0.25, 0.3) is 11.0 Å². The van der Waals surface area contributed by atoms with E-state index >= 15 is 0 Å². The Morgan fingerprint density at radius 3 is 2.81 bits per heavy atom. The lowest BCUT2D eigenvalue weighted by Crippen LogP contribution is -2.06. The Balaban J connectivity index is 1.98. The molecule has 0 N–H and O–H groups in total. The van der Waals surface area contributed by atoms with Crippen molar-refractivity contribution in [3.8, 4) is 0 Å². The quantitative estimate of drug-likeness (QED) is 0.626. The minimum absolute atomic E-state index is 0.144. The van der Waals surface area contributed by atoms with Crippen molar-refractivity contribution in [1.29, 1.82) is 0 Å². The van der Waals surface area contributed by atoms with Crippen LogP contribution in [0, 0.1) is 6.92 Å². The lowest BCUT2D eigenvalue weighted by Gasteiger charge is -2.09. The van der Waals surface area contributed by atoms with Crippen molar-refractivity contribution < 1.29 is 0 Å². The monoisotopic (exact) mass is 339 g/mol.